The number of ether oxygens (including phenoxy) is 2. The van der Waals surface area contributed by atoms with Gasteiger partial charge in [0.2, 0.25) is 0 Å². The molecule has 2 fully saturated rings. The van der Waals surface area contributed by atoms with E-state index in [2.05, 4.69) is 63.1 Å². The summed E-state index contributed by atoms with van der Waals surface area (Å²) >= 11 is 0. The summed E-state index contributed by atoms with van der Waals surface area (Å²) in [4.78, 5) is 10.8. The van der Waals surface area contributed by atoms with Crippen LogP contribution in [0.2, 0.25) is 0 Å². The van der Waals surface area contributed by atoms with Crippen molar-refractivity contribution < 1.29 is 9.47 Å². The van der Waals surface area contributed by atoms with Gasteiger partial charge in [-0.1, -0.05) is 12.1 Å². The summed E-state index contributed by atoms with van der Waals surface area (Å²) in [5, 5.41) is 12.1. The Morgan fingerprint density at radius 1 is 1.21 bits per heavy atom. The minimum Gasteiger partial charge on any atom is -0.496 e. The predicted molar refractivity (Wildman–Crippen MR) is 125 cm³/mol. The van der Waals surface area contributed by atoms with Crippen molar-refractivity contribution in [3.8, 4) is 11.8 Å². The molecule has 2 aliphatic heterocycles. The van der Waals surface area contributed by atoms with Gasteiger partial charge in [0.1, 0.15) is 17.6 Å². The molecule has 176 valence electrons. The molecule has 2 unspecified atom stereocenters. The van der Waals surface area contributed by atoms with E-state index in [-0.39, 0.29) is 12.2 Å². The van der Waals surface area contributed by atoms with Crippen molar-refractivity contribution in [2.45, 2.75) is 64.1 Å². The first-order valence-corrected chi connectivity index (χ1v) is 11.6. The van der Waals surface area contributed by atoms with Crippen molar-refractivity contribution in [1.29, 1.82) is 5.26 Å². The molecule has 9 nitrogen and oxygen atoms in total. The SMILES string of the molecule is COc1cc(COC2CCN(C(C)C)CC2)ccc1C1CC(Nc2cnc(C#N)cn2)NN1. The van der Waals surface area contributed by atoms with E-state index in [0.29, 0.717) is 30.3 Å². The van der Waals surface area contributed by atoms with E-state index in [1.54, 1.807) is 13.3 Å². The molecule has 0 radical (unpaired) electrons. The summed E-state index contributed by atoms with van der Waals surface area (Å²) in [6.45, 7) is 7.32. The fourth-order valence-electron chi connectivity index (χ4n) is 4.40. The second-order valence-electron chi connectivity index (χ2n) is 8.89. The molecule has 2 atom stereocenters. The predicted octanol–water partition coefficient (Wildman–Crippen LogP) is 2.72. The molecule has 1 aromatic carbocycles. The zero-order valence-corrected chi connectivity index (χ0v) is 19.5. The Bertz CT molecular complexity index is 952. The molecule has 2 saturated heterocycles. The maximum atomic E-state index is 8.85. The molecule has 3 N–H and O–H groups in total. The quantitative estimate of drug-likeness (QED) is 0.558. The Balaban J connectivity index is 1.31. The number of hydrogen-bond donors (Lipinski definition) is 3. The fourth-order valence-corrected chi connectivity index (χ4v) is 4.40. The van der Waals surface area contributed by atoms with Crippen LogP contribution in [0.3, 0.4) is 0 Å². The Labute approximate surface area is 195 Å². The normalized spacial score (nSPS) is 21.8. The average Bonchev–Trinajstić information content (AvgIpc) is 3.31. The van der Waals surface area contributed by atoms with Crippen LogP contribution < -0.4 is 20.9 Å². The van der Waals surface area contributed by atoms with Gasteiger partial charge in [-0.2, -0.15) is 5.26 Å². The van der Waals surface area contributed by atoms with E-state index >= 15 is 0 Å². The Morgan fingerprint density at radius 3 is 2.70 bits per heavy atom. The third kappa shape index (κ3) is 5.97. The molecular formula is C24H33N7O2. The van der Waals surface area contributed by atoms with E-state index in [0.717, 1.165) is 49.2 Å². The number of aromatic nitrogens is 2. The summed E-state index contributed by atoms with van der Waals surface area (Å²) in [6, 6.07) is 8.97. The smallest absolute Gasteiger partial charge is 0.158 e. The molecular weight excluding hydrogens is 418 g/mol. The van der Waals surface area contributed by atoms with Crippen LogP contribution in [0.25, 0.3) is 0 Å². The number of anilines is 1. The number of methoxy groups -OCH3 is 1. The number of hydrazine groups is 1. The van der Waals surface area contributed by atoms with Crippen LogP contribution in [0.1, 0.15) is 56.0 Å². The van der Waals surface area contributed by atoms with Gasteiger partial charge in [-0.05, 0) is 38.3 Å². The number of nitrogens with zero attached hydrogens (tertiary/aromatic N) is 4. The van der Waals surface area contributed by atoms with Gasteiger partial charge in [-0.3, -0.25) is 0 Å². The summed E-state index contributed by atoms with van der Waals surface area (Å²) < 4.78 is 11.9. The molecule has 1 aromatic heterocycles. The van der Waals surface area contributed by atoms with Crippen molar-refractivity contribution >= 4 is 5.82 Å². The number of benzene rings is 1. The average molecular weight is 452 g/mol. The Kier molecular flexibility index (Phi) is 7.73. The van der Waals surface area contributed by atoms with Crippen LogP contribution >= 0.6 is 0 Å². The molecule has 9 heteroatoms. The minimum absolute atomic E-state index is 0.0262. The van der Waals surface area contributed by atoms with Crippen molar-refractivity contribution in [1.82, 2.24) is 25.7 Å². The highest BCUT2D eigenvalue weighted by Crippen LogP contribution is 2.31. The van der Waals surface area contributed by atoms with E-state index in [4.69, 9.17) is 14.7 Å². The van der Waals surface area contributed by atoms with E-state index in [1.807, 2.05) is 6.07 Å². The molecule has 2 aliphatic rings. The van der Waals surface area contributed by atoms with Crippen LogP contribution in [-0.2, 0) is 11.3 Å². The lowest BCUT2D eigenvalue weighted by Crippen LogP contribution is -2.40. The van der Waals surface area contributed by atoms with Gasteiger partial charge in [0.15, 0.2) is 5.69 Å². The minimum atomic E-state index is -0.0262. The van der Waals surface area contributed by atoms with Gasteiger partial charge in [0, 0.05) is 31.1 Å². The zero-order chi connectivity index (χ0) is 23.2. The lowest BCUT2D eigenvalue weighted by atomic mass is 10.0. The Hall–Kier alpha value is -2.77. The van der Waals surface area contributed by atoms with E-state index in [1.165, 1.54) is 6.20 Å². The maximum absolute atomic E-state index is 8.85. The molecule has 2 aromatic rings. The third-order valence-corrected chi connectivity index (χ3v) is 6.36. The summed E-state index contributed by atoms with van der Waals surface area (Å²) in [6.07, 6.45) is 6.29. The zero-order valence-electron chi connectivity index (χ0n) is 19.5. The summed E-state index contributed by atoms with van der Waals surface area (Å²) in [7, 11) is 1.70. The first-order chi connectivity index (χ1) is 16.1. The molecule has 0 spiro atoms. The van der Waals surface area contributed by atoms with Crippen LogP contribution in [0.4, 0.5) is 5.82 Å². The number of hydrogen-bond acceptors (Lipinski definition) is 9. The van der Waals surface area contributed by atoms with Crippen molar-refractivity contribution in [2.24, 2.45) is 0 Å². The number of rotatable bonds is 8. The monoisotopic (exact) mass is 451 g/mol. The maximum Gasteiger partial charge on any atom is 0.158 e. The van der Waals surface area contributed by atoms with Crippen molar-refractivity contribution in [2.75, 3.05) is 25.5 Å². The lowest BCUT2D eigenvalue weighted by Gasteiger charge is -2.34. The molecule has 3 heterocycles. The van der Waals surface area contributed by atoms with Gasteiger partial charge in [-0.25, -0.2) is 20.8 Å². The lowest BCUT2D eigenvalue weighted by molar-refractivity contribution is -0.00808. The number of piperidine rings is 1. The number of nitriles is 1. The first kappa shape index (κ1) is 23.4. The first-order valence-electron chi connectivity index (χ1n) is 11.6. The van der Waals surface area contributed by atoms with Crippen LogP contribution in [0.5, 0.6) is 5.75 Å². The number of nitrogens with one attached hydrogen (secondary N) is 3. The molecule has 0 saturated carbocycles. The van der Waals surface area contributed by atoms with Gasteiger partial charge < -0.3 is 19.7 Å². The molecule has 0 bridgehead atoms. The topological polar surface area (TPSA) is 107 Å². The van der Waals surface area contributed by atoms with Crippen LogP contribution in [0.15, 0.2) is 30.6 Å². The number of likely N-dealkylation sites (tertiary alicyclic amines) is 1. The van der Waals surface area contributed by atoms with Gasteiger partial charge in [0.05, 0.1) is 44.4 Å². The fraction of sp³-hybridized carbons (Fsp3) is 0.542. The van der Waals surface area contributed by atoms with Crippen molar-refractivity contribution in [3.63, 3.8) is 0 Å². The highest BCUT2D eigenvalue weighted by molar-refractivity contribution is 5.41. The van der Waals surface area contributed by atoms with Crippen molar-refractivity contribution in [3.05, 3.63) is 47.4 Å². The Morgan fingerprint density at radius 2 is 2.03 bits per heavy atom. The van der Waals surface area contributed by atoms with Crippen LogP contribution in [-0.4, -0.2) is 53.4 Å². The van der Waals surface area contributed by atoms with Gasteiger partial charge in [-0.15, -0.1) is 0 Å². The largest absolute Gasteiger partial charge is 0.496 e. The summed E-state index contributed by atoms with van der Waals surface area (Å²) in [5.41, 5.74) is 9.09. The molecule has 0 aliphatic carbocycles. The van der Waals surface area contributed by atoms with E-state index < -0.39 is 0 Å². The standard InChI is InChI=1S/C24H33N7O2/c1-16(2)31-8-6-19(7-9-31)33-15-17-4-5-20(22(10-17)32-3)21-11-23(30-29-21)28-24-14-26-18(12-25)13-27-24/h4-5,10,13-14,16,19,21,23,29-30H,6-9,11,15H2,1-3H3,(H,27,28). The molecule has 0 amide bonds. The highest BCUT2D eigenvalue weighted by atomic mass is 16.5. The highest BCUT2D eigenvalue weighted by Gasteiger charge is 2.28. The molecule has 33 heavy (non-hydrogen) atoms. The van der Waals surface area contributed by atoms with Crippen LogP contribution in [0, 0.1) is 11.3 Å². The summed E-state index contributed by atoms with van der Waals surface area (Å²) in [5.74, 6) is 1.47. The van der Waals surface area contributed by atoms with Gasteiger partial charge in [0.25, 0.3) is 0 Å². The van der Waals surface area contributed by atoms with Gasteiger partial charge >= 0.3 is 0 Å². The third-order valence-electron chi connectivity index (χ3n) is 6.36. The molecule has 4 rings (SSSR count). The van der Waals surface area contributed by atoms with E-state index in [9.17, 15) is 0 Å². The second-order valence-corrected chi connectivity index (χ2v) is 8.89. The second kappa shape index (κ2) is 10.9.